The van der Waals surface area contributed by atoms with Gasteiger partial charge in [-0.15, -0.1) is 0 Å². The second kappa shape index (κ2) is 6.67. The van der Waals surface area contributed by atoms with Crippen LogP contribution in [0.3, 0.4) is 0 Å². The molecule has 1 aromatic carbocycles. The van der Waals surface area contributed by atoms with E-state index in [1.54, 1.807) is 36.4 Å². The molecule has 9 heteroatoms. The Labute approximate surface area is 156 Å². The number of aliphatic hydroxyl groups is 1. The lowest BCUT2D eigenvalue weighted by atomic mass is 10.2. The number of aryl methyl sites for hydroxylation is 1. The van der Waals surface area contributed by atoms with Crippen LogP contribution in [0, 0.1) is 6.92 Å². The van der Waals surface area contributed by atoms with E-state index in [0.717, 1.165) is 5.69 Å². The number of nitrogens with one attached hydrogen (secondary N) is 2. The van der Waals surface area contributed by atoms with E-state index >= 15 is 0 Å². The standard InChI is InChI=1S/C18H19N5O3S/c1-12-7-17(22-21-12)19-16-8-15(9-18(20-16)23-10-13(24)11-23)27(25,26)14-5-3-2-4-6-14/h2-9,13,24H,10-11H2,1H3,(H2,19,20,21,22). The molecule has 0 spiro atoms. The second-order valence-electron chi connectivity index (χ2n) is 6.48. The van der Waals surface area contributed by atoms with Crippen LogP contribution in [0.5, 0.6) is 0 Å². The van der Waals surface area contributed by atoms with E-state index < -0.39 is 15.9 Å². The van der Waals surface area contributed by atoms with Crippen molar-refractivity contribution in [1.82, 2.24) is 15.2 Å². The van der Waals surface area contributed by atoms with E-state index in [4.69, 9.17) is 0 Å². The number of pyridine rings is 1. The van der Waals surface area contributed by atoms with E-state index in [0.29, 0.717) is 30.5 Å². The highest BCUT2D eigenvalue weighted by atomic mass is 32.2. The number of hydrogen-bond acceptors (Lipinski definition) is 7. The zero-order chi connectivity index (χ0) is 19.0. The lowest BCUT2D eigenvalue weighted by Gasteiger charge is -2.37. The van der Waals surface area contributed by atoms with Crippen LogP contribution in [0.4, 0.5) is 17.5 Å². The molecule has 1 saturated heterocycles. The predicted octanol–water partition coefficient (Wildman–Crippen LogP) is 1.87. The minimum Gasteiger partial charge on any atom is -0.389 e. The van der Waals surface area contributed by atoms with Gasteiger partial charge in [-0.1, -0.05) is 18.2 Å². The van der Waals surface area contributed by atoms with Crippen molar-refractivity contribution >= 4 is 27.3 Å². The number of aromatic amines is 1. The molecule has 1 fully saturated rings. The van der Waals surface area contributed by atoms with Crippen molar-refractivity contribution in [1.29, 1.82) is 0 Å². The summed E-state index contributed by atoms with van der Waals surface area (Å²) >= 11 is 0. The summed E-state index contributed by atoms with van der Waals surface area (Å²) in [4.78, 5) is 6.67. The largest absolute Gasteiger partial charge is 0.389 e. The maximum Gasteiger partial charge on any atom is 0.206 e. The van der Waals surface area contributed by atoms with Crippen LogP contribution >= 0.6 is 0 Å². The first-order valence-corrected chi connectivity index (χ1v) is 9.94. The highest BCUT2D eigenvalue weighted by molar-refractivity contribution is 7.91. The van der Waals surface area contributed by atoms with Crippen molar-refractivity contribution in [3.63, 3.8) is 0 Å². The summed E-state index contributed by atoms with van der Waals surface area (Å²) in [5.41, 5.74) is 0.872. The lowest BCUT2D eigenvalue weighted by Crippen LogP contribution is -2.51. The summed E-state index contributed by atoms with van der Waals surface area (Å²) in [5.74, 6) is 1.41. The molecule has 0 radical (unpaired) electrons. The third-order valence-corrected chi connectivity index (χ3v) is 6.05. The monoisotopic (exact) mass is 385 g/mol. The van der Waals surface area contributed by atoms with Crippen molar-refractivity contribution in [2.24, 2.45) is 0 Å². The molecule has 0 bridgehead atoms. The fourth-order valence-electron chi connectivity index (χ4n) is 2.86. The summed E-state index contributed by atoms with van der Waals surface area (Å²) in [5, 5.41) is 19.5. The number of hydrogen-bond donors (Lipinski definition) is 3. The van der Waals surface area contributed by atoms with Crippen LogP contribution in [0.15, 0.2) is 58.3 Å². The number of aliphatic hydroxyl groups excluding tert-OH is 1. The molecule has 3 N–H and O–H groups in total. The van der Waals surface area contributed by atoms with Gasteiger partial charge in [0, 0.05) is 30.9 Å². The van der Waals surface area contributed by atoms with Crippen LogP contribution in [0.1, 0.15) is 5.69 Å². The lowest BCUT2D eigenvalue weighted by molar-refractivity contribution is 0.141. The first-order chi connectivity index (χ1) is 12.9. The Bertz CT molecular complexity index is 1060. The van der Waals surface area contributed by atoms with E-state index in [-0.39, 0.29) is 9.79 Å². The first kappa shape index (κ1) is 17.5. The first-order valence-electron chi connectivity index (χ1n) is 8.46. The molecule has 140 valence electrons. The normalized spacial score (nSPS) is 14.8. The van der Waals surface area contributed by atoms with Gasteiger partial charge >= 0.3 is 0 Å². The molecule has 3 aromatic rings. The number of H-pyrrole nitrogens is 1. The zero-order valence-corrected chi connectivity index (χ0v) is 15.4. The van der Waals surface area contributed by atoms with Gasteiger partial charge < -0.3 is 15.3 Å². The van der Waals surface area contributed by atoms with Gasteiger partial charge in [-0.2, -0.15) is 5.10 Å². The summed E-state index contributed by atoms with van der Waals surface area (Å²) in [6.07, 6.45) is -0.424. The Morgan fingerprint density at radius 1 is 1.11 bits per heavy atom. The third-order valence-electron chi connectivity index (χ3n) is 4.30. The number of benzene rings is 1. The number of β-amino-alcohol motifs (C(OH)–C–C–N with tert-alkyl or cyclic N) is 1. The molecule has 3 heterocycles. The Morgan fingerprint density at radius 2 is 1.85 bits per heavy atom. The molecule has 1 aliphatic rings. The Kier molecular flexibility index (Phi) is 4.33. The smallest absolute Gasteiger partial charge is 0.206 e. The number of aromatic nitrogens is 3. The average molecular weight is 385 g/mol. The molecule has 0 saturated carbocycles. The van der Waals surface area contributed by atoms with E-state index in [1.165, 1.54) is 12.1 Å². The fraction of sp³-hybridized carbons (Fsp3) is 0.222. The van der Waals surface area contributed by atoms with Crippen LogP contribution < -0.4 is 10.2 Å². The molecule has 2 aromatic heterocycles. The van der Waals surface area contributed by atoms with Gasteiger partial charge in [0.25, 0.3) is 0 Å². The van der Waals surface area contributed by atoms with Gasteiger partial charge in [-0.3, -0.25) is 5.10 Å². The van der Waals surface area contributed by atoms with Gasteiger partial charge in [0.15, 0.2) is 5.82 Å². The van der Waals surface area contributed by atoms with Crippen molar-refractivity contribution in [2.75, 3.05) is 23.3 Å². The molecule has 0 amide bonds. The summed E-state index contributed by atoms with van der Waals surface area (Å²) in [6, 6.07) is 13.1. The molecule has 1 aliphatic heterocycles. The predicted molar refractivity (Wildman–Crippen MR) is 101 cm³/mol. The number of anilines is 3. The van der Waals surface area contributed by atoms with E-state index in [1.807, 2.05) is 11.8 Å². The fourth-order valence-corrected chi connectivity index (χ4v) is 4.18. The van der Waals surface area contributed by atoms with Gasteiger partial charge in [-0.05, 0) is 25.1 Å². The molecule has 0 aliphatic carbocycles. The maximum atomic E-state index is 13.0. The third kappa shape index (κ3) is 3.51. The average Bonchev–Trinajstić information content (AvgIpc) is 3.04. The molecule has 0 unspecified atom stereocenters. The minimum absolute atomic E-state index is 0.134. The molecular formula is C18H19N5O3S. The van der Waals surface area contributed by atoms with Crippen molar-refractivity contribution in [2.45, 2.75) is 22.8 Å². The molecule has 4 rings (SSSR count). The second-order valence-corrected chi connectivity index (χ2v) is 8.43. The van der Waals surface area contributed by atoms with Crippen LogP contribution in [-0.2, 0) is 9.84 Å². The van der Waals surface area contributed by atoms with Crippen LogP contribution in [0.25, 0.3) is 0 Å². The highest BCUT2D eigenvalue weighted by Crippen LogP contribution is 2.29. The Balaban J connectivity index is 1.76. The van der Waals surface area contributed by atoms with Gasteiger partial charge in [0.2, 0.25) is 9.84 Å². The van der Waals surface area contributed by atoms with E-state index in [2.05, 4.69) is 20.5 Å². The Hall–Kier alpha value is -2.91. The van der Waals surface area contributed by atoms with Crippen molar-refractivity contribution in [3.05, 3.63) is 54.2 Å². The van der Waals surface area contributed by atoms with Crippen LogP contribution in [-0.4, -0.2) is 47.9 Å². The number of rotatable bonds is 5. The molecule has 0 atom stereocenters. The van der Waals surface area contributed by atoms with Gasteiger partial charge in [0.1, 0.15) is 11.6 Å². The number of nitrogens with zero attached hydrogens (tertiary/aromatic N) is 3. The molecular weight excluding hydrogens is 366 g/mol. The molecule has 8 nitrogen and oxygen atoms in total. The zero-order valence-electron chi connectivity index (χ0n) is 14.6. The van der Waals surface area contributed by atoms with Crippen molar-refractivity contribution in [3.8, 4) is 0 Å². The SMILES string of the molecule is Cc1cc(Nc2cc(S(=O)(=O)c3ccccc3)cc(N3CC(O)C3)n2)n[nH]1. The maximum absolute atomic E-state index is 13.0. The quantitative estimate of drug-likeness (QED) is 0.615. The van der Waals surface area contributed by atoms with Crippen LogP contribution in [0.2, 0.25) is 0 Å². The summed E-state index contributed by atoms with van der Waals surface area (Å²) in [6.45, 7) is 2.71. The van der Waals surface area contributed by atoms with Gasteiger partial charge in [-0.25, -0.2) is 13.4 Å². The van der Waals surface area contributed by atoms with E-state index in [9.17, 15) is 13.5 Å². The van der Waals surface area contributed by atoms with Crippen molar-refractivity contribution < 1.29 is 13.5 Å². The summed E-state index contributed by atoms with van der Waals surface area (Å²) in [7, 11) is -3.70. The topological polar surface area (TPSA) is 111 Å². The summed E-state index contributed by atoms with van der Waals surface area (Å²) < 4.78 is 26.1. The van der Waals surface area contributed by atoms with Gasteiger partial charge in [0.05, 0.1) is 15.9 Å². The highest BCUT2D eigenvalue weighted by Gasteiger charge is 2.28. The Morgan fingerprint density at radius 3 is 2.48 bits per heavy atom. The molecule has 27 heavy (non-hydrogen) atoms. The number of sulfone groups is 1. The minimum atomic E-state index is -3.70.